The van der Waals surface area contributed by atoms with Gasteiger partial charge in [-0.25, -0.2) is 21.6 Å². The Morgan fingerprint density at radius 1 is 1.30 bits per heavy atom. The lowest BCUT2D eigenvalue weighted by atomic mass is 10.2. The number of benzene rings is 1. The van der Waals surface area contributed by atoms with E-state index in [2.05, 4.69) is 0 Å². The summed E-state index contributed by atoms with van der Waals surface area (Å²) in [6, 6.07) is -0.326. The van der Waals surface area contributed by atoms with Crippen molar-refractivity contribution in [2.24, 2.45) is 5.73 Å². The van der Waals surface area contributed by atoms with E-state index in [0.29, 0.717) is 25.0 Å². The smallest absolute Gasteiger partial charge is 0.249 e. The molecule has 1 saturated heterocycles. The van der Waals surface area contributed by atoms with E-state index in [1.165, 1.54) is 0 Å². The maximum atomic E-state index is 13.6. The Morgan fingerprint density at radius 2 is 1.85 bits per heavy atom. The monoisotopic (exact) mass is 307 g/mol. The molecular formula is C11H12F3N3O2S. The molecule has 1 aromatic rings. The van der Waals surface area contributed by atoms with Gasteiger partial charge in [0.05, 0.1) is 6.04 Å². The Bertz CT molecular complexity index is 640. The molecule has 1 aliphatic rings. The summed E-state index contributed by atoms with van der Waals surface area (Å²) in [5.41, 5.74) is 5.29. The summed E-state index contributed by atoms with van der Waals surface area (Å²) in [7, 11) is -4.52. The standard InChI is InChI=1S/C11H12F3N3O2S/c12-6-4-7(13)10(8(14)5-6)20(18,19)17-3-1-2-9(17)11(15)16/h4-5,9H,1-3H2,(H3,15,16). The molecule has 1 aliphatic heterocycles. The molecule has 20 heavy (non-hydrogen) atoms. The molecule has 0 radical (unpaired) electrons. The lowest BCUT2D eigenvalue weighted by Crippen LogP contribution is -2.43. The summed E-state index contributed by atoms with van der Waals surface area (Å²) in [6.07, 6.45) is 0.729. The number of nitrogens with one attached hydrogen (secondary N) is 1. The largest absolute Gasteiger partial charge is 0.386 e. The number of nitrogens with two attached hydrogens (primary N) is 1. The summed E-state index contributed by atoms with van der Waals surface area (Å²) in [5, 5.41) is 7.33. The summed E-state index contributed by atoms with van der Waals surface area (Å²) in [5.74, 6) is -4.61. The SMILES string of the molecule is N=C(N)C1CCCN1S(=O)(=O)c1c(F)cc(F)cc1F. The van der Waals surface area contributed by atoms with Gasteiger partial charge in [-0.15, -0.1) is 0 Å². The van der Waals surface area contributed by atoms with Gasteiger partial charge in [0.15, 0.2) is 4.90 Å². The average molecular weight is 307 g/mol. The van der Waals surface area contributed by atoms with Crippen LogP contribution in [0.25, 0.3) is 0 Å². The highest BCUT2D eigenvalue weighted by Crippen LogP contribution is 2.29. The van der Waals surface area contributed by atoms with Crippen molar-refractivity contribution in [3.63, 3.8) is 0 Å². The van der Waals surface area contributed by atoms with Crippen LogP contribution in [0.4, 0.5) is 13.2 Å². The highest BCUT2D eigenvalue weighted by molar-refractivity contribution is 7.89. The van der Waals surface area contributed by atoms with Crippen molar-refractivity contribution < 1.29 is 21.6 Å². The minimum atomic E-state index is -4.52. The Kier molecular flexibility index (Phi) is 3.74. The molecule has 0 bridgehead atoms. The third kappa shape index (κ3) is 2.38. The van der Waals surface area contributed by atoms with Crippen molar-refractivity contribution in [1.29, 1.82) is 5.41 Å². The third-order valence-corrected chi connectivity index (χ3v) is 5.05. The number of hydrogen-bond acceptors (Lipinski definition) is 3. The van der Waals surface area contributed by atoms with Gasteiger partial charge in [-0.1, -0.05) is 0 Å². The fourth-order valence-corrected chi connectivity index (χ4v) is 4.00. The van der Waals surface area contributed by atoms with E-state index in [1.807, 2.05) is 0 Å². The van der Waals surface area contributed by atoms with E-state index < -0.39 is 44.2 Å². The highest BCUT2D eigenvalue weighted by atomic mass is 32.2. The second-order valence-corrected chi connectivity index (χ2v) is 6.26. The van der Waals surface area contributed by atoms with Crippen LogP contribution in [0, 0.1) is 22.9 Å². The summed E-state index contributed by atoms with van der Waals surface area (Å²) < 4.78 is 65.4. The summed E-state index contributed by atoms with van der Waals surface area (Å²) in [6.45, 7) is 0.00281. The zero-order chi connectivity index (χ0) is 15.1. The van der Waals surface area contributed by atoms with Gasteiger partial charge >= 0.3 is 0 Å². The second-order valence-electron chi connectivity index (χ2n) is 4.43. The number of amidine groups is 1. The van der Waals surface area contributed by atoms with Gasteiger partial charge in [0, 0.05) is 18.7 Å². The molecule has 3 N–H and O–H groups in total. The predicted molar refractivity (Wildman–Crippen MR) is 65.1 cm³/mol. The zero-order valence-electron chi connectivity index (χ0n) is 10.2. The van der Waals surface area contributed by atoms with Crippen molar-refractivity contribution >= 4 is 15.9 Å². The molecule has 5 nitrogen and oxygen atoms in total. The van der Waals surface area contributed by atoms with E-state index in [-0.39, 0.29) is 6.54 Å². The maximum absolute atomic E-state index is 13.6. The molecule has 1 unspecified atom stereocenters. The molecule has 0 aromatic heterocycles. The molecule has 1 heterocycles. The molecule has 2 rings (SSSR count). The molecule has 1 aromatic carbocycles. The van der Waals surface area contributed by atoms with Crippen molar-refractivity contribution in [2.75, 3.05) is 6.54 Å². The minimum absolute atomic E-state index is 0.00281. The number of rotatable bonds is 3. The van der Waals surface area contributed by atoms with Crippen LogP contribution in [0.1, 0.15) is 12.8 Å². The quantitative estimate of drug-likeness (QED) is 0.649. The van der Waals surface area contributed by atoms with Crippen LogP contribution in [-0.2, 0) is 10.0 Å². The van der Waals surface area contributed by atoms with Crippen molar-refractivity contribution in [3.05, 3.63) is 29.6 Å². The van der Waals surface area contributed by atoms with Crippen molar-refractivity contribution in [1.82, 2.24) is 4.31 Å². The van der Waals surface area contributed by atoms with E-state index in [4.69, 9.17) is 11.1 Å². The van der Waals surface area contributed by atoms with Crippen LogP contribution >= 0.6 is 0 Å². The van der Waals surface area contributed by atoms with Crippen molar-refractivity contribution in [3.8, 4) is 0 Å². The second kappa shape index (κ2) is 5.06. The van der Waals surface area contributed by atoms with Gasteiger partial charge in [-0.05, 0) is 12.8 Å². The first-order chi connectivity index (χ1) is 9.25. The van der Waals surface area contributed by atoms with Crippen LogP contribution in [0.5, 0.6) is 0 Å². The van der Waals surface area contributed by atoms with Crippen LogP contribution in [0.15, 0.2) is 17.0 Å². The van der Waals surface area contributed by atoms with Gasteiger partial charge in [0.1, 0.15) is 23.3 Å². The topological polar surface area (TPSA) is 87.2 Å². The number of sulfonamides is 1. The normalized spacial score (nSPS) is 20.2. The number of hydrogen-bond donors (Lipinski definition) is 2. The minimum Gasteiger partial charge on any atom is -0.386 e. The van der Waals surface area contributed by atoms with E-state index in [1.54, 1.807) is 0 Å². The lowest BCUT2D eigenvalue weighted by molar-refractivity contribution is 0.426. The van der Waals surface area contributed by atoms with Gasteiger partial charge in [0.2, 0.25) is 10.0 Å². The molecule has 1 fully saturated rings. The summed E-state index contributed by atoms with van der Waals surface area (Å²) >= 11 is 0. The molecule has 9 heteroatoms. The first-order valence-corrected chi connectivity index (χ1v) is 7.19. The Balaban J connectivity index is 2.54. The molecule has 0 amide bonds. The fourth-order valence-electron chi connectivity index (χ4n) is 2.23. The van der Waals surface area contributed by atoms with Crippen LogP contribution in [0.2, 0.25) is 0 Å². The fraction of sp³-hybridized carbons (Fsp3) is 0.364. The van der Waals surface area contributed by atoms with Crippen LogP contribution < -0.4 is 5.73 Å². The molecule has 0 saturated carbocycles. The first-order valence-electron chi connectivity index (χ1n) is 5.75. The van der Waals surface area contributed by atoms with Gasteiger partial charge < -0.3 is 5.73 Å². The molecule has 0 spiro atoms. The molecule has 1 atom stereocenters. The summed E-state index contributed by atoms with van der Waals surface area (Å²) in [4.78, 5) is -1.22. The van der Waals surface area contributed by atoms with E-state index >= 15 is 0 Å². The highest BCUT2D eigenvalue weighted by Gasteiger charge is 2.40. The predicted octanol–water partition coefficient (Wildman–Crippen LogP) is 1.19. The maximum Gasteiger partial charge on any atom is 0.249 e. The first kappa shape index (κ1) is 14.8. The lowest BCUT2D eigenvalue weighted by Gasteiger charge is -2.23. The Hall–Kier alpha value is -1.61. The number of nitrogens with zero attached hydrogens (tertiary/aromatic N) is 1. The zero-order valence-corrected chi connectivity index (χ0v) is 11.1. The third-order valence-electron chi connectivity index (χ3n) is 3.09. The Labute approximate surface area is 113 Å². The van der Waals surface area contributed by atoms with Crippen LogP contribution in [0.3, 0.4) is 0 Å². The van der Waals surface area contributed by atoms with Gasteiger partial charge in [0.25, 0.3) is 0 Å². The van der Waals surface area contributed by atoms with Crippen LogP contribution in [-0.4, -0.2) is 31.1 Å². The average Bonchev–Trinajstić information content (AvgIpc) is 2.75. The van der Waals surface area contributed by atoms with Gasteiger partial charge in [-0.3, -0.25) is 5.41 Å². The molecule has 110 valence electrons. The van der Waals surface area contributed by atoms with E-state index in [0.717, 1.165) is 4.31 Å². The Morgan fingerprint density at radius 3 is 2.35 bits per heavy atom. The molecular weight excluding hydrogens is 295 g/mol. The van der Waals surface area contributed by atoms with Crippen molar-refractivity contribution in [2.45, 2.75) is 23.8 Å². The van der Waals surface area contributed by atoms with Gasteiger partial charge in [-0.2, -0.15) is 4.31 Å². The molecule has 0 aliphatic carbocycles. The number of halogens is 3. The van der Waals surface area contributed by atoms with E-state index in [9.17, 15) is 21.6 Å².